The zero-order valence-electron chi connectivity index (χ0n) is 2.38. The zero-order chi connectivity index (χ0) is 4.12. The molecule has 5 heteroatoms. The Morgan fingerprint density at radius 3 is 1.60 bits per heavy atom. The van der Waals surface area contributed by atoms with Crippen molar-refractivity contribution in [2.24, 2.45) is 0 Å². The quantitative estimate of drug-likeness (QED) is 0.517. The van der Waals surface area contributed by atoms with Gasteiger partial charge in [0.15, 0.2) is 0 Å². The van der Waals surface area contributed by atoms with E-state index in [0.717, 1.165) is 0 Å². The third kappa shape index (κ3) is 4.67. The first-order valence-corrected chi connectivity index (χ1v) is 4.90. The van der Waals surface area contributed by atoms with Crippen molar-refractivity contribution < 1.29 is 9.40 Å². The summed E-state index contributed by atoms with van der Waals surface area (Å²) in [6.07, 6.45) is 0. The van der Waals surface area contributed by atoms with Gasteiger partial charge in [-0.2, -0.15) is 0 Å². The molecule has 0 saturated heterocycles. The Balaban J connectivity index is 2.65. The van der Waals surface area contributed by atoms with Crippen LogP contribution in [0.4, 0.5) is 0 Å². The molecular weight excluding hydrogens is 187 g/mol. The second kappa shape index (κ2) is 4.67. The second-order valence-electron chi connectivity index (χ2n) is 0.329. The van der Waals surface area contributed by atoms with Crippen LogP contribution in [0.3, 0.4) is 0 Å². The molecule has 0 fully saturated rings. The minimum absolute atomic E-state index is 1.70. The van der Waals surface area contributed by atoms with E-state index < -0.39 is 35.5 Å². The first-order chi connectivity index (χ1) is 2.41. The van der Waals surface area contributed by atoms with Crippen LogP contribution in [0, 0.1) is 0 Å². The van der Waals surface area contributed by atoms with Crippen molar-refractivity contribution in [2.75, 3.05) is 0 Å². The third-order valence-corrected chi connectivity index (χ3v) is 3.00. The van der Waals surface area contributed by atoms with E-state index in [1.54, 1.807) is 0 Å². The standard InChI is InChI=1S/2Ga.3O. The van der Waals surface area contributed by atoms with Gasteiger partial charge in [-0.3, -0.25) is 0 Å². The molecule has 24 valence electrons. The molecule has 0 rings (SSSR count). The summed E-state index contributed by atoms with van der Waals surface area (Å²) < 4.78 is 22.6. The summed E-state index contributed by atoms with van der Waals surface area (Å²) in [5.74, 6) is 0. The van der Waals surface area contributed by atoms with Gasteiger partial charge in [0.1, 0.15) is 0 Å². The fraction of sp³-hybridized carbons (Fsp3) is 0. The third-order valence-electron chi connectivity index (χ3n) is 0.111. The molecular formula is Ga2O3. The Kier molecular flexibility index (Phi) is 5.30. The summed E-state index contributed by atoms with van der Waals surface area (Å²) in [6, 6.07) is 0. The number of rotatable bonds is 2. The molecule has 0 aromatic heterocycles. The van der Waals surface area contributed by atoms with E-state index in [9.17, 15) is 7.08 Å². The van der Waals surface area contributed by atoms with Gasteiger partial charge in [-0.1, -0.05) is 0 Å². The molecule has 0 bridgehead atoms. The van der Waals surface area contributed by atoms with Crippen LogP contribution < -0.4 is 0 Å². The average Bonchev–Trinajstić information content (AvgIpc) is 1.41. The average molecular weight is 187 g/mol. The van der Waals surface area contributed by atoms with Gasteiger partial charge in [-0.25, -0.2) is 0 Å². The minimum atomic E-state index is -1.70. The Bertz CT molecular complexity index is 34.2. The monoisotopic (exact) mass is 186 g/mol. The van der Waals surface area contributed by atoms with Crippen molar-refractivity contribution in [1.29, 1.82) is 0 Å². The summed E-state index contributed by atoms with van der Waals surface area (Å²) >= 11 is -3.39. The Morgan fingerprint density at radius 2 is 1.60 bits per heavy atom. The van der Waals surface area contributed by atoms with E-state index in [1.165, 1.54) is 0 Å². The Morgan fingerprint density at radius 1 is 1.20 bits per heavy atom. The Hall–Kier alpha value is 0.673. The van der Waals surface area contributed by atoms with Gasteiger partial charge >= 0.3 is 44.9 Å². The van der Waals surface area contributed by atoms with E-state index in [1.807, 2.05) is 0 Å². The van der Waals surface area contributed by atoms with Crippen LogP contribution in [0.2, 0.25) is 0 Å². The predicted molar refractivity (Wildman–Crippen MR) is 14.0 cm³/mol. The van der Waals surface area contributed by atoms with Gasteiger partial charge in [-0.05, 0) is 0 Å². The first-order valence-electron chi connectivity index (χ1n) is 0.943. The molecule has 0 aliphatic rings. The molecule has 0 N–H and O–H groups in total. The van der Waals surface area contributed by atoms with Gasteiger partial charge in [0.25, 0.3) is 0 Å². The van der Waals surface area contributed by atoms with Crippen LogP contribution in [-0.2, 0) is 9.40 Å². The molecule has 0 radical (unpaired) electrons. The maximum atomic E-state index is 9.30. The molecule has 0 atom stereocenters. The molecule has 0 saturated carbocycles. The fourth-order valence-electron chi connectivity index (χ4n) is 0.0227. The molecule has 5 heavy (non-hydrogen) atoms. The molecule has 0 amide bonds. The van der Waals surface area contributed by atoms with Crippen molar-refractivity contribution in [2.45, 2.75) is 0 Å². The summed E-state index contributed by atoms with van der Waals surface area (Å²) in [7, 11) is 0. The molecule has 0 unspecified atom stereocenters. The second-order valence-corrected chi connectivity index (χ2v) is 4.67. The van der Waals surface area contributed by atoms with Gasteiger partial charge in [0.05, 0.1) is 0 Å². The van der Waals surface area contributed by atoms with Gasteiger partial charge in [-0.15, -0.1) is 0 Å². The van der Waals surface area contributed by atoms with Crippen LogP contribution in [0.1, 0.15) is 0 Å². The maximum absolute atomic E-state index is 9.30. The van der Waals surface area contributed by atoms with Crippen molar-refractivity contribution in [3.8, 4) is 0 Å². The molecule has 0 aromatic carbocycles. The van der Waals surface area contributed by atoms with Gasteiger partial charge < -0.3 is 0 Å². The number of hydrogen-bond donors (Lipinski definition) is 0. The van der Waals surface area contributed by atoms with Crippen molar-refractivity contribution in [3.05, 3.63) is 0 Å². The summed E-state index contributed by atoms with van der Waals surface area (Å²) in [5, 5.41) is 0. The van der Waals surface area contributed by atoms with Crippen LogP contribution in [0.15, 0.2) is 0 Å². The van der Waals surface area contributed by atoms with Crippen LogP contribution in [-0.4, -0.2) is 35.5 Å². The van der Waals surface area contributed by atoms with Crippen LogP contribution in [0.5, 0.6) is 0 Å². The van der Waals surface area contributed by atoms with E-state index in [2.05, 4.69) is 2.32 Å². The summed E-state index contributed by atoms with van der Waals surface area (Å²) in [6.45, 7) is 0. The molecule has 0 aliphatic carbocycles. The predicted octanol–water partition coefficient (Wildman–Crippen LogP) is -1.07. The SMILES string of the molecule is [O]=[Ga][O][Ga]=[O]. The van der Waals surface area contributed by atoms with Crippen LogP contribution in [0.25, 0.3) is 0 Å². The first kappa shape index (κ1) is 5.67. The van der Waals surface area contributed by atoms with E-state index in [-0.39, 0.29) is 0 Å². The normalized spacial score (nSPS) is 4.00. The molecule has 0 spiro atoms. The molecule has 3 nitrogen and oxygen atoms in total. The van der Waals surface area contributed by atoms with E-state index in [4.69, 9.17) is 0 Å². The van der Waals surface area contributed by atoms with Crippen molar-refractivity contribution in [1.82, 2.24) is 0 Å². The zero-order valence-corrected chi connectivity index (χ0v) is 7.22. The van der Waals surface area contributed by atoms with Gasteiger partial charge in [0.2, 0.25) is 0 Å². The van der Waals surface area contributed by atoms with Crippen molar-refractivity contribution in [3.63, 3.8) is 0 Å². The van der Waals surface area contributed by atoms with Crippen LogP contribution >= 0.6 is 0 Å². The topological polar surface area (TPSA) is 43.4 Å². The number of hydrogen-bond acceptors (Lipinski definition) is 3. The summed E-state index contributed by atoms with van der Waals surface area (Å²) in [4.78, 5) is 0. The molecule has 0 aromatic rings. The molecule has 0 aliphatic heterocycles. The van der Waals surface area contributed by atoms with Crippen molar-refractivity contribution >= 4 is 35.5 Å². The summed E-state index contributed by atoms with van der Waals surface area (Å²) in [5.41, 5.74) is 0. The fourth-order valence-corrected chi connectivity index (χ4v) is 0.612. The van der Waals surface area contributed by atoms with E-state index in [0.29, 0.717) is 0 Å². The Labute approximate surface area is 45.0 Å². The van der Waals surface area contributed by atoms with Gasteiger partial charge in [0, 0.05) is 0 Å². The molecule has 0 heterocycles. The van der Waals surface area contributed by atoms with E-state index >= 15 is 0 Å².